The van der Waals surface area contributed by atoms with E-state index in [0.29, 0.717) is 19.3 Å². The van der Waals surface area contributed by atoms with Gasteiger partial charge in [-0.15, -0.1) is 0 Å². The second kappa shape index (κ2) is 66.8. The van der Waals surface area contributed by atoms with Gasteiger partial charge >= 0.3 is 17.9 Å². The van der Waals surface area contributed by atoms with E-state index in [1.54, 1.807) is 0 Å². The summed E-state index contributed by atoms with van der Waals surface area (Å²) in [6.45, 7) is 6.54. The van der Waals surface area contributed by atoms with Gasteiger partial charge in [-0.3, -0.25) is 14.4 Å². The fourth-order valence-corrected chi connectivity index (χ4v) is 9.58. The number of carbonyl (C=O) groups is 3. The number of unbranched alkanes of at least 4 members (excludes halogenated alkanes) is 34. The summed E-state index contributed by atoms with van der Waals surface area (Å²) in [7, 11) is 0. The number of ether oxygens (including phenoxy) is 3. The van der Waals surface area contributed by atoms with Crippen molar-refractivity contribution in [3.63, 3.8) is 0 Å². The van der Waals surface area contributed by atoms with Gasteiger partial charge in [0, 0.05) is 19.3 Å². The van der Waals surface area contributed by atoms with Crippen molar-refractivity contribution in [2.45, 2.75) is 335 Å². The normalized spacial score (nSPS) is 12.7. The molecular formula is C73H126O6. The van der Waals surface area contributed by atoms with E-state index in [1.807, 2.05) is 0 Å². The lowest BCUT2D eigenvalue weighted by atomic mass is 10.0. The molecule has 0 fully saturated rings. The number of rotatable bonds is 61. The summed E-state index contributed by atoms with van der Waals surface area (Å²) in [5, 5.41) is 0. The highest BCUT2D eigenvalue weighted by molar-refractivity contribution is 5.71. The van der Waals surface area contributed by atoms with Gasteiger partial charge < -0.3 is 14.2 Å². The van der Waals surface area contributed by atoms with Crippen LogP contribution in [0.2, 0.25) is 0 Å². The molecule has 0 N–H and O–H groups in total. The molecule has 0 saturated carbocycles. The summed E-state index contributed by atoms with van der Waals surface area (Å²) in [6.07, 6.45) is 90.1. The molecule has 6 heteroatoms. The predicted octanol–water partition coefficient (Wildman–Crippen LogP) is 23.2. The van der Waals surface area contributed by atoms with Crippen LogP contribution in [0.4, 0.5) is 0 Å². The zero-order valence-electron chi connectivity index (χ0n) is 52.1. The zero-order chi connectivity index (χ0) is 57.1. The highest BCUT2D eigenvalue weighted by Crippen LogP contribution is 2.17. The molecule has 1 atom stereocenters. The number of esters is 3. The van der Waals surface area contributed by atoms with Crippen molar-refractivity contribution in [1.29, 1.82) is 0 Å². The van der Waals surface area contributed by atoms with Crippen LogP contribution in [0.25, 0.3) is 0 Å². The van der Waals surface area contributed by atoms with E-state index < -0.39 is 6.10 Å². The molecule has 1 unspecified atom stereocenters. The molecule has 79 heavy (non-hydrogen) atoms. The first kappa shape index (κ1) is 75.3. The molecule has 0 aliphatic rings. The molecule has 0 heterocycles. The summed E-state index contributed by atoms with van der Waals surface area (Å²) >= 11 is 0. The van der Waals surface area contributed by atoms with Crippen LogP contribution in [0.5, 0.6) is 0 Å². The molecule has 0 bridgehead atoms. The lowest BCUT2D eigenvalue weighted by Gasteiger charge is -2.18. The maximum absolute atomic E-state index is 12.9. The molecule has 0 saturated heterocycles. The van der Waals surface area contributed by atoms with E-state index in [0.717, 1.165) is 109 Å². The molecule has 0 aliphatic heterocycles. The van der Waals surface area contributed by atoms with Crippen molar-refractivity contribution in [3.05, 3.63) is 97.2 Å². The topological polar surface area (TPSA) is 78.9 Å². The van der Waals surface area contributed by atoms with Crippen LogP contribution in [0.3, 0.4) is 0 Å². The van der Waals surface area contributed by atoms with Gasteiger partial charge in [-0.2, -0.15) is 0 Å². The number of hydrogen-bond donors (Lipinski definition) is 0. The Bertz CT molecular complexity index is 1540. The highest BCUT2D eigenvalue weighted by atomic mass is 16.6. The van der Waals surface area contributed by atoms with Crippen LogP contribution >= 0.6 is 0 Å². The fraction of sp³-hybridized carbons (Fsp3) is 0.740. The monoisotopic (exact) mass is 1100 g/mol. The van der Waals surface area contributed by atoms with E-state index >= 15 is 0 Å². The van der Waals surface area contributed by atoms with Crippen molar-refractivity contribution >= 4 is 17.9 Å². The molecule has 0 aromatic rings. The van der Waals surface area contributed by atoms with Gasteiger partial charge in [-0.25, -0.2) is 0 Å². The molecule has 0 aliphatic carbocycles. The lowest BCUT2D eigenvalue weighted by Crippen LogP contribution is -2.30. The maximum Gasteiger partial charge on any atom is 0.306 e. The van der Waals surface area contributed by atoms with Crippen molar-refractivity contribution < 1.29 is 28.6 Å². The van der Waals surface area contributed by atoms with E-state index in [2.05, 4.69) is 118 Å². The molecule has 6 nitrogen and oxygen atoms in total. The Morgan fingerprint density at radius 1 is 0.266 bits per heavy atom. The fourth-order valence-electron chi connectivity index (χ4n) is 9.58. The number of carbonyl (C=O) groups excluding carboxylic acids is 3. The minimum absolute atomic E-state index is 0.0729. The average Bonchev–Trinajstić information content (AvgIpc) is 3.45. The van der Waals surface area contributed by atoms with Crippen molar-refractivity contribution in [2.24, 2.45) is 0 Å². The Labute approximate surface area is 489 Å². The molecule has 454 valence electrons. The van der Waals surface area contributed by atoms with Crippen LogP contribution < -0.4 is 0 Å². The first-order chi connectivity index (χ1) is 39.0. The quantitative estimate of drug-likeness (QED) is 0.0261. The van der Waals surface area contributed by atoms with E-state index in [4.69, 9.17) is 14.2 Å². The molecule has 0 rings (SSSR count). The van der Waals surface area contributed by atoms with E-state index in [-0.39, 0.29) is 31.1 Å². The Hall–Kier alpha value is -3.67. The van der Waals surface area contributed by atoms with Crippen LogP contribution in [0, 0.1) is 0 Å². The van der Waals surface area contributed by atoms with Gasteiger partial charge in [0.1, 0.15) is 13.2 Å². The molecule has 0 spiro atoms. The van der Waals surface area contributed by atoms with Gasteiger partial charge in [0.2, 0.25) is 0 Å². The second-order valence-corrected chi connectivity index (χ2v) is 22.4. The summed E-state index contributed by atoms with van der Waals surface area (Å²) < 4.78 is 16.9. The SMILES string of the molecule is CC/C=C\C/C=C\C/C=C\C/C=C\C/C=C\C/C=C\C/C=C\C/C=C\CCCCCCCCCCCCC(=O)OCC(COC(=O)CCCCCCCCCCC)OC(=O)CCCCCCCCCCCCCCCCCCC. The largest absolute Gasteiger partial charge is 0.462 e. The molecule has 0 aromatic carbocycles. The predicted molar refractivity (Wildman–Crippen MR) is 344 cm³/mol. The van der Waals surface area contributed by atoms with Gasteiger partial charge in [0.15, 0.2) is 6.10 Å². The minimum Gasteiger partial charge on any atom is -0.462 e. The smallest absolute Gasteiger partial charge is 0.306 e. The summed E-state index contributed by atoms with van der Waals surface area (Å²) in [6, 6.07) is 0. The van der Waals surface area contributed by atoms with Crippen LogP contribution in [-0.2, 0) is 28.6 Å². The molecule has 0 amide bonds. The average molecular weight is 1100 g/mol. The summed E-state index contributed by atoms with van der Waals surface area (Å²) in [4.78, 5) is 38.2. The van der Waals surface area contributed by atoms with Crippen LogP contribution in [-0.4, -0.2) is 37.2 Å². The summed E-state index contributed by atoms with van der Waals surface area (Å²) in [5.74, 6) is -0.865. The van der Waals surface area contributed by atoms with Gasteiger partial charge in [-0.05, 0) is 83.5 Å². The third-order valence-corrected chi connectivity index (χ3v) is 14.6. The van der Waals surface area contributed by atoms with Crippen molar-refractivity contribution in [2.75, 3.05) is 13.2 Å². The summed E-state index contributed by atoms with van der Waals surface area (Å²) in [5.41, 5.74) is 0. The molecule has 0 aromatic heterocycles. The Kier molecular flexibility index (Phi) is 63.7. The number of hydrogen-bond acceptors (Lipinski definition) is 6. The Morgan fingerprint density at radius 3 is 0.772 bits per heavy atom. The minimum atomic E-state index is -0.774. The van der Waals surface area contributed by atoms with Gasteiger partial charge in [-0.1, -0.05) is 323 Å². The first-order valence-electron chi connectivity index (χ1n) is 33.7. The van der Waals surface area contributed by atoms with E-state index in [9.17, 15) is 14.4 Å². The van der Waals surface area contributed by atoms with Crippen molar-refractivity contribution in [1.82, 2.24) is 0 Å². The lowest BCUT2D eigenvalue weighted by molar-refractivity contribution is -0.167. The zero-order valence-corrected chi connectivity index (χ0v) is 52.1. The third kappa shape index (κ3) is 65.0. The maximum atomic E-state index is 12.9. The Balaban J connectivity index is 4.13. The Morgan fingerprint density at radius 2 is 0.494 bits per heavy atom. The standard InChI is InChI=1S/C73H126O6/c1-4-7-10-13-16-19-21-23-25-27-28-29-30-31-32-33-34-35-36-37-38-39-40-41-42-43-44-46-47-49-51-54-57-60-63-66-72(75)78-69-70(68-77-71(74)65-62-59-56-53-18-15-12-9-6-3)79-73(76)67-64-61-58-55-52-50-48-45-26-24-22-20-17-14-11-8-5-2/h7,10,16,19,23,25,28-29,31-32,34-35,37-38,40-41,70H,4-6,8-9,11-15,17-18,20-22,24,26-27,30,33,36,39,42-69H2,1-3H3/b10-7-,19-16-,25-23-,29-28-,32-31-,35-34-,38-37-,41-40-. The molecular weight excluding hydrogens is 973 g/mol. The second-order valence-electron chi connectivity index (χ2n) is 22.4. The first-order valence-corrected chi connectivity index (χ1v) is 33.7. The number of allylic oxidation sites excluding steroid dienone is 16. The van der Waals surface area contributed by atoms with Crippen molar-refractivity contribution in [3.8, 4) is 0 Å². The molecule has 0 radical (unpaired) electrons. The van der Waals surface area contributed by atoms with Crippen LogP contribution in [0.1, 0.15) is 329 Å². The van der Waals surface area contributed by atoms with E-state index in [1.165, 1.54) is 180 Å². The van der Waals surface area contributed by atoms with Gasteiger partial charge in [0.05, 0.1) is 0 Å². The van der Waals surface area contributed by atoms with Crippen LogP contribution in [0.15, 0.2) is 97.2 Å². The van der Waals surface area contributed by atoms with Gasteiger partial charge in [0.25, 0.3) is 0 Å². The third-order valence-electron chi connectivity index (χ3n) is 14.6. The highest BCUT2D eigenvalue weighted by Gasteiger charge is 2.19.